The van der Waals surface area contributed by atoms with Crippen molar-refractivity contribution in [3.63, 3.8) is 0 Å². The van der Waals surface area contributed by atoms with Crippen molar-refractivity contribution in [2.75, 3.05) is 6.54 Å². The number of thiocarbonyl (C=S) groups is 1. The van der Waals surface area contributed by atoms with E-state index in [1.807, 2.05) is 6.92 Å². The smallest absolute Gasteiger partial charge is 0.0722 e. The van der Waals surface area contributed by atoms with Crippen molar-refractivity contribution in [1.29, 1.82) is 0 Å². The highest BCUT2D eigenvalue weighted by molar-refractivity contribution is 7.80. The summed E-state index contributed by atoms with van der Waals surface area (Å²) < 4.78 is 0. The molecule has 1 nitrogen and oxygen atoms in total. The molecule has 1 rings (SSSR count). The Morgan fingerprint density at radius 2 is 2.22 bits per heavy atom. The van der Waals surface area contributed by atoms with Gasteiger partial charge in [0.25, 0.3) is 0 Å². The first-order valence-corrected chi connectivity index (χ1v) is 3.78. The van der Waals surface area contributed by atoms with Crippen LogP contribution in [0.3, 0.4) is 0 Å². The van der Waals surface area contributed by atoms with Crippen LogP contribution in [0.2, 0.25) is 0 Å². The van der Waals surface area contributed by atoms with Crippen LogP contribution >= 0.6 is 12.2 Å². The fourth-order valence-electron chi connectivity index (χ4n) is 0.728. The van der Waals surface area contributed by atoms with Crippen LogP contribution in [-0.4, -0.2) is 11.5 Å². The van der Waals surface area contributed by atoms with Crippen molar-refractivity contribution in [2.24, 2.45) is 5.41 Å². The number of hydrogen-bond acceptors (Lipinski definition) is 1. The van der Waals surface area contributed by atoms with Crippen molar-refractivity contribution < 1.29 is 0 Å². The van der Waals surface area contributed by atoms with Gasteiger partial charge in [-0.1, -0.05) is 19.1 Å². The summed E-state index contributed by atoms with van der Waals surface area (Å²) in [6, 6.07) is 0. The van der Waals surface area contributed by atoms with E-state index in [1.54, 1.807) is 0 Å². The van der Waals surface area contributed by atoms with E-state index < -0.39 is 0 Å². The van der Waals surface area contributed by atoms with Gasteiger partial charge >= 0.3 is 0 Å². The van der Waals surface area contributed by atoms with Crippen LogP contribution in [0.4, 0.5) is 0 Å². The molecule has 0 atom stereocenters. The quantitative estimate of drug-likeness (QED) is 0.591. The minimum absolute atomic E-state index is 0.583. The van der Waals surface area contributed by atoms with E-state index in [9.17, 15) is 0 Å². The molecular formula is C7H13NS. The number of rotatable bonds is 2. The van der Waals surface area contributed by atoms with Crippen LogP contribution in [-0.2, 0) is 0 Å². The van der Waals surface area contributed by atoms with Crippen LogP contribution in [0.1, 0.15) is 26.7 Å². The minimum Gasteiger partial charge on any atom is -0.379 e. The summed E-state index contributed by atoms with van der Waals surface area (Å²) in [5, 5.41) is 3.18. The molecule has 0 aliphatic heterocycles. The maximum Gasteiger partial charge on any atom is 0.0722 e. The van der Waals surface area contributed by atoms with Gasteiger partial charge in [-0.2, -0.15) is 0 Å². The molecule has 1 saturated carbocycles. The van der Waals surface area contributed by atoms with Gasteiger partial charge < -0.3 is 5.32 Å². The summed E-state index contributed by atoms with van der Waals surface area (Å²) in [6.45, 7) is 5.29. The van der Waals surface area contributed by atoms with Crippen molar-refractivity contribution in [2.45, 2.75) is 26.7 Å². The molecule has 0 heterocycles. The van der Waals surface area contributed by atoms with E-state index in [1.165, 1.54) is 12.8 Å². The summed E-state index contributed by atoms with van der Waals surface area (Å²) in [5.74, 6) is 0. The fourth-order valence-corrected chi connectivity index (χ4v) is 0.800. The van der Waals surface area contributed by atoms with E-state index >= 15 is 0 Å². The molecule has 0 aromatic heterocycles. The molecule has 0 spiro atoms. The molecule has 1 N–H and O–H groups in total. The second kappa shape index (κ2) is 2.25. The molecule has 1 aliphatic rings. The first-order chi connectivity index (χ1) is 4.12. The van der Waals surface area contributed by atoms with Crippen LogP contribution < -0.4 is 5.32 Å². The highest BCUT2D eigenvalue weighted by atomic mass is 32.1. The third-order valence-electron chi connectivity index (χ3n) is 1.87. The van der Waals surface area contributed by atoms with Gasteiger partial charge in [0.2, 0.25) is 0 Å². The normalized spacial score (nSPS) is 21.1. The van der Waals surface area contributed by atoms with E-state index in [0.717, 1.165) is 11.5 Å². The molecule has 0 unspecified atom stereocenters. The summed E-state index contributed by atoms with van der Waals surface area (Å²) in [6.07, 6.45) is 2.73. The third kappa shape index (κ3) is 2.31. The van der Waals surface area contributed by atoms with Crippen LogP contribution in [0.25, 0.3) is 0 Å². The van der Waals surface area contributed by atoms with Gasteiger partial charge in [0, 0.05) is 6.54 Å². The minimum atomic E-state index is 0.583. The van der Waals surface area contributed by atoms with Gasteiger partial charge in [-0.25, -0.2) is 0 Å². The second-order valence-corrected chi connectivity index (χ2v) is 3.83. The monoisotopic (exact) mass is 143 g/mol. The molecule has 9 heavy (non-hydrogen) atoms. The Morgan fingerprint density at radius 3 is 2.56 bits per heavy atom. The Kier molecular flexibility index (Phi) is 1.75. The lowest BCUT2D eigenvalue weighted by Crippen LogP contribution is -2.25. The average Bonchev–Trinajstić information content (AvgIpc) is 2.45. The fraction of sp³-hybridized carbons (Fsp3) is 0.857. The highest BCUT2D eigenvalue weighted by Gasteiger charge is 2.36. The van der Waals surface area contributed by atoms with Gasteiger partial charge in [-0.05, 0) is 25.2 Å². The molecule has 0 aromatic rings. The predicted molar refractivity (Wildman–Crippen MR) is 43.6 cm³/mol. The number of hydrogen-bond donors (Lipinski definition) is 1. The third-order valence-corrected chi connectivity index (χ3v) is 2.01. The zero-order valence-corrected chi connectivity index (χ0v) is 6.85. The Labute approximate surface area is 61.8 Å². The molecule has 0 aromatic carbocycles. The largest absolute Gasteiger partial charge is 0.379 e. The molecule has 0 bridgehead atoms. The zero-order chi connectivity index (χ0) is 6.91. The van der Waals surface area contributed by atoms with Crippen LogP contribution in [0.5, 0.6) is 0 Å². The van der Waals surface area contributed by atoms with Crippen molar-refractivity contribution in [3.8, 4) is 0 Å². The van der Waals surface area contributed by atoms with Gasteiger partial charge in [-0.3, -0.25) is 0 Å². The van der Waals surface area contributed by atoms with Gasteiger partial charge in [-0.15, -0.1) is 0 Å². The van der Waals surface area contributed by atoms with Gasteiger partial charge in [0.15, 0.2) is 0 Å². The Hall–Kier alpha value is -0.110. The molecule has 2 heteroatoms. The van der Waals surface area contributed by atoms with Crippen LogP contribution in [0.15, 0.2) is 0 Å². The molecule has 0 saturated heterocycles. The zero-order valence-electron chi connectivity index (χ0n) is 6.03. The van der Waals surface area contributed by atoms with Gasteiger partial charge in [0.1, 0.15) is 0 Å². The lowest BCUT2D eigenvalue weighted by molar-refractivity contribution is 0.557. The molecule has 0 amide bonds. The number of nitrogens with one attached hydrogen (secondary N) is 1. The molecule has 0 radical (unpaired) electrons. The second-order valence-electron chi connectivity index (χ2n) is 3.22. The maximum atomic E-state index is 4.88. The Morgan fingerprint density at radius 1 is 1.67 bits per heavy atom. The molecule has 52 valence electrons. The first-order valence-electron chi connectivity index (χ1n) is 3.37. The first kappa shape index (κ1) is 7.00. The summed E-state index contributed by atoms with van der Waals surface area (Å²) in [5.41, 5.74) is 0.583. The SMILES string of the molecule is CC(=S)NCC1(C)CC1. The molecule has 1 aliphatic carbocycles. The lowest BCUT2D eigenvalue weighted by Gasteiger charge is -2.08. The average molecular weight is 143 g/mol. The van der Waals surface area contributed by atoms with Crippen molar-refractivity contribution >= 4 is 17.2 Å². The standard InChI is InChI=1S/C7H13NS/c1-6(9)8-5-7(2)3-4-7/h3-5H2,1-2H3,(H,8,9). The van der Waals surface area contributed by atoms with Crippen molar-refractivity contribution in [1.82, 2.24) is 5.32 Å². The van der Waals surface area contributed by atoms with Crippen LogP contribution in [0, 0.1) is 5.41 Å². The Bertz CT molecular complexity index is 127. The van der Waals surface area contributed by atoms with E-state index in [0.29, 0.717) is 5.41 Å². The predicted octanol–water partition coefficient (Wildman–Crippen LogP) is 1.72. The molecular weight excluding hydrogens is 130 g/mol. The molecule has 1 fully saturated rings. The van der Waals surface area contributed by atoms with Crippen molar-refractivity contribution in [3.05, 3.63) is 0 Å². The Balaban J connectivity index is 2.12. The summed E-state index contributed by atoms with van der Waals surface area (Å²) >= 11 is 4.88. The topological polar surface area (TPSA) is 12.0 Å². The van der Waals surface area contributed by atoms with E-state index in [-0.39, 0.29) is 0 Å². The van der Waals surface area contributed by atoms with Gasteiger partial charge in [0.05, 0.1) is 4.99 Å². The maximum absolute atomic E-state index is 4.88. The summed E-state index contributed by atoms with van der Waals surface area (Å²) in [7, 11) is 0. The lowest BCUT2D eigenvalue weighted by atomic mass is 10.1. The van der Waals surface area contributed by atoms with E-state index in [2.05, 4.69) is 12.2 Å². The van der Waals surface area contributed by atoms with E-state index in [4.69, 9.17) is 12.2 Å². The highest BCUT2D eigenvalue weighted by Crippen LogP contribution is 2.43. The summed E-state index contributed by atoms with van der Waals surface area (Å²) in [4.78, 5) is 0.920.